The van der Waals surface area contributed by atoms with E-state index in [4.69, 9.17) is 9.26 Å². The molecular weight excluding hydrogens is 340 g/mol. The molecule has 0 aliphatic rings. The van der Waals surface area contributed by atoms with Crippen molar-refractivity contribution in [2.24, 2.45) is 0 Å². The molecule has 0 spiro atoms. The predicted octanol–water partition coefficient (Wildman–Crippen LogP) is 4.71. The van der Waals surface area contributed by atoms with Gasteiger partial charge in [0.2, 0.25) is 0 Å². The number of benzene rings is 2. The molecule has 0 bridgehead atoms. The number of methoxy groups -OCH3 is 1. The first-order valence-corrected chi connectivity index (χ1v) is 8.95. The van der Waals surface area contributed by atoms with E-state index >= 15 is 0 Å². The SMILES string of the molecule is COc1cccc(-c2cc(CN(C(=O)c3ccc(C)cc3)C(C)C)no2)c1. The zero-order valence-corrected chi connectivity index (χ0v) is 16.1. The first-order valence-electron chi connectivity index (χ1n) is 8.95. The number of hydrogen-bond donors (Lipinski definition) is 0. The van der Waals surface area contributed by atoms with Crippen LogP contribution in [-0.4, -0.2) is 29.1 Å². The third-order valence-corrected chi connectivity index (χ3v) is 4.43. The highest BCUT2D eigenvalue weighted by molar-refractivity contribution is 5.94. The van der Waals surface area contributed by atoms with Gasteiger partial charge in [-0.3, -0.25) is 4.79 Å². The van der Waals surface area contributed by atoms with E-state index in [1.807, 2.05) is 75.4 Å². The van der Waals surface area contributed by atoms with Gasteiger partial charge in [0.05, 0.1) is 13.7 Å². The summed E-state index contributed by atoms with van der Waals surface area (Å²) in [7, 11) is 1.63. The van der Waals surface area contributed by atoms with E-state index in [2.05, 4.69) is 5.16 Å². The van der Waals surface area contributed by atoms with Crippen molar-refractivity contribution in [3.63, 3.8) is 0 Å². The minimum absolute atomic E-state index is 0.0177. The highest BCUT2D eigenvalue weighted by atomic mass is 16.5. The summed E-state index contributed by atoms with van der Waals surface area (Å²) < 4.78 is 10.7. The Kier molecular flexibility index (Phi) is 5.60. The van der Waals surface area contributed by atoms with E-state index in [1.165, 1.54) is 0 Å². The van der Waals surface area contributed by atoms with Gasteiger partial charge in [0.15, 0.2) is 5.76 Å². The molecule has 0 radical (unpaired) electrons. The average molecular weight is 364 g/mol. The van der Waals surface area contributed by atoms with Crippen molar-refractivity contribution in [1.29, 1.82) is 0 Å². The molecule has 5 nitrogen and oxygen atoms in total. The van der Waals surface area contributed by atoms with Crippen LogP contribution in [0.2, 0.25) is 0 Å². The van der Waals surface area contributed by atoms with Crippen LogP contribution in [0.5, 0.6) is 5.75 Å². The third kappa shape index (κ3) is 4.37. The quantitative estimate of drug-likeness (QED) is 0.636. The molecule has 3 aromatic rings. The third-order valence-electron chi connectivity index (χ3n) is 4.43. The number of amides is 1. The molecule has 0 N–H and O–H groups in total. The molecule has 0 fully saturated rings. The fourth-order valence-electron chi connectivity index (χ4n) is 2.82. The molecule has 1 heterocycles. The molecule has 5 heteroatoms. The molecule has 1 amide bonds. The Morgan fingerprint density at radius 1 is 1.15 bits per heavy atom. The summed E-state index contributed by atoms with van der Waals surface area (Å²) in [4.78, 5) is 14.7. The normalized spacial score (nSPS) is 10.9. The summed E-state index contributed by atoms with van der Waals surface area (Å²) in [6, 6.07) is 17.1. The van der Waals surface area contributed by atoms with E-state index in [-0.39, 0.29) is 11.9 Å². The van der Waals surface area contributed by atoms with E-state index in [9.17, 15) is 4.79 Å². The van der Waals surface area contributed by atoms with Crippen LogP contribution in [0.1, 0.15) is 35.5 Å². The van der Waals surface area contributed by atoms with Gasteiger partial charge in [-0.05, 0) is 45.0 Å². The predicted molar refractivity (Wildman–Crippen MR) is 105 cm³/mol. The van der Waals surface area contributed by atoms with Crippen LogP contribution in [0.3, 0.4) is 0 Å². The summed E-state index contributed by atoms with van der Waals surface area (Å²) in [5, 5.41) is 4.15. The number of aryl methyl sites for hydroxylation is 1. The zero-order chi connectivity index (χ0) is 19.4. The molecule has 3 rings (SSSR count). The first kappa shape index (κ1) is 18.7. The van der Waals surface area contributed by atoms with Crippen LogP contribution < -0.4 is 4.74 Å². The van der Waals surface area contributed by atoms with Gasteiger partial charge in [-0.2, -0.15) is 0 Å². The van der Waals surface area contributed by atoms with E-state index in [1.54, 1.807) is 12.0 Å². The van der Waals surface area contributed by atoms with E-state index in [0.717, 1.165) is 16.9 Å². The van der Waals surface area contributed by atoms with Crippen molar-refractivity contribution < 1.29 is 14.1 Å². The van der Waals surface area contributed by atoms with Crippen LogP contribution in [0.25, 0.3) is 11.3 Å². The molecule has 0 atom stereocenters. The largest absolute Gasteiger partial charge is 0.497 e. The average Bonchev–Trinajstić information content (AvgIpc) is 3.15. The van der Waals surface area contributed by atoms with Crippen LogP contribution >= 0.6 is 0 Å². The summed E-state index contributed by atoms with van der Waals surface area (Å²) in [6.07, 6.45) is 0. The first-order chi connectivity index (χ1) is 13.0. The van der Waals surface area contributed by atoms with E-state index in [0.29, 0.717) is 23.6 Å². The number of aromatic nitrogens is 1. The van der Waals surface area contributed by atoms with Crippen molar-refractivity contribution >= 4 is 5.91 Å². The smallest absolute Gasteiger partial charge is 0.254 e. The molecule has 0 aliphatic carbocycles. The van der Waals surface area contributed by atoms with Crippen LogP contribution in [0.4, 0.5) is 0 Å². The summed E-state index contributed by atoms with van der Waals surface area (Å²) in [6.45, 7) is 6.38. The molecule has 1 aromatic heterocycles. The maximum atomic E-state index is 12.9. The lowest BCUT2D eigenvalue weighted by atomic mass is 10.1. The van der Waals surface area contributed by atoms with Crippen molar-refractivity contribution in [3.8, 4) is 17.1 Å². The van der Waals surface area contributed by atoms with Gasteiger partial charge < -0.3 is 14.2 Å². The fourth-order valence-corrected chi connectivity index (χ4v) is 2.82. The number of nitrogens with zero attached hydrogens (tertiary/aromatic N) is 2. The highest BCUT2D eigenvalue weighted by Gasteiger charge is 2.21. The Labute approximate surface area is 159 Å². The van der Waals surface area contributed by atoms with Crippen molar-refractivity contribution in [1.82, 2.24) is 10.1 Å². The highest BCUT2D eigenvalue weighted by Crippen LogP contribution is 2.25. The van der Waals surface area contributed by atoms with Crippen molar-refractivity contribution in [3.05, 3.63) is 71.4 Å². The number of ether oxygens (including phenoxy) is 1. The van der Waals surface area contributed by atoms with Gasteiger partial charge in [0, 0.05) is 23.2 Å². The molecule has 0 unspecified atom stereocenters. The standard InChI is InChI=1S/C22H24N2O3/c1-15(2)24(22(25)17-10-8-16(3)9-11-17)14-19-13-21(27-23-19)18-6-5-7-20(12-18)26-4/h5-13,15H,14H2,1-4H3. The second kappa shape index (κ2) is 8.08. The molecule has 0 aliphatic heterocycles. The summed E-state index contributed by atoms with van der Waals surface area (Å²) >= 11 is 0. The summed E-state index contributed by atoms with van der Waals surface area (Å²) in [5.41, 5.74) is 3.39. The molecular formula is C22H24N2O3. The number of hydrogen-bond acceptors (Lipinski definition) is 4. The van der Waals surface area contributed by atoms with E-state index < -0.39 is 0 Å². The van der Waals surface area contributed by atoms with Crippen LogP contribution in [-0.2, 0) is 6.54 Å². The Morgan fingerprint density at radius 3 is 2.56 bits per heavy atom. The molecule has 0 saturated carbocycles. The number of rotatable bonds is 6. The maximum absolute atomic E-state index is 12.9. The number of carbonyl (C=O) groups is 1. The van der Waals surface area contributed by atoms with Crippen molar-refractivity contribution in [2.75, 3.05) is 7.11 Å². The van der Waals surface area contributed by atoms with Gasteiger partial charge in [-0.25, -0.2) is 0 Å². The zero-order valence-electron chi connectivity index (χ0n) is 16.1. The Morgan fingerprint density at radius 2 is 1.89 bits per heavy atom. The van der Waals surface area contributed by atoms with Gasteiger partial charge in [-0.1, -0.05) is 35.0 Å². The summed E-state index contributed by atoms with van der Waals surface area (Å²) in [5.74, 6) is 1.38. The second-order valence-corrected chi connectivity index (χ2v) is 6.81. The Balaban J connectivity index is 1.80. The lowest BCUT2D eigenvalue weighted by molar-refractivity contribution is 0.0686. The maximum Gasteiger partial charge on any atom is 0.254 e. The molecule has 140 valence electrons. The topological polar surface area (TPSA) is 55.6 Å². The molecule has 0 saturated heterocycles. The Hall–Kier alpha value is -3.08. The van der Waals surface area contributed by atoms with Gasteiger partial charge >= 0.3 is 0 Å². The van der Waals surface area contributed by atoms with Crippen LogP contribution in [0, 0.1) is 6.92 Å². The van der Waals surface area contributed by atoms with Gasteiger partial charge in [0.25, 0.3) is 5.91 Å². The Bertz CT molecular complexity index is 913. The number of carbonyl (C=O) groups excluding carboxylic acids is 1. The lowest BCUT2D eigenvalue weighted by Crippen LogP contribution is -2.36. The minimum Gasteiger partial charge on any atom is -0.497 e. The van der Waals surface area contributed by atoms with Gasteiger partial charge in [-0.15, -0.1) is 0 Å². The minimum atomic E-state index is -0.0177. The fraction of sp³-hybridized carbons (Fsp3) is 0.273. The van der Waals surface area contributed by atoms with Crippen molar-refractivity contribution in [2.45, 2.75) is 33.4 Å². The van der Waals surface area contributed by atoms with Gasteiger partial charge in [0.1, 0.15) is 11.4 Å². The monoisotopic (exact) mass is 364 g/mol. The van der Waals surface area contributed by atoms with Crippen LogP contribution in [0.15, 0.2) is 59.1 Å². The molecule has 27 heavy (non-hydrogen) atoms. The lowest BCUT2D eigenvalue weighted by Gasteiger charge is -2.26. The second-order valence-electron chi connectivity index (χ2n) is 6.81. The molecule has 2 aromatic carbocycles.